The molecular formula is C12H22N4O2S. The van der Waals surface area contributed by atoms with Crippen LogP contribution >= 0.6 is 11.8 Å². The summed E-state index contributed by atoms with van der Waals surface area (Å²) >= 11 is 1.76. The van der Waals surface area contributed by atoms with E-state index < -0.39 is 0 Å². The standard InChI is InChI=1S/C12H22N4O2S/c1-14(2)7-11(17)15-3-5-16(6-4-15)12(18)10-8-19-9-13-10/h10,13H,3-9H2,1-2H3. The van der Waals surface area contributed by atoms with E-state index in [1.54, 1.807) is 11.8 Å². The van der Waals surface area contributed by atoms with Crippen LogP contribution in [0.15, 0.2) is 0 Å². The van der Waals surface area contributed by atoms with E-state index in [0.29, 0.717) is 32.7 Å². The molecule has 2 rings (SSSR count). The zero-order valence-electron chi connectivity index (χ0n) is 11.6. The maximum Gasteiger partial charge on any atom is 0.240 e. The maximum absolute atomic E-state index is 12.2. The fourth-order valence-electron chi connectivity index (χ4n) is 2.32. The predicted octanol–water partition coefficient (Wildman–Crippen LogP) is -1.12. The van der Waals surface area contributed by atoms with E-state index in [1.165, 1.54) is 0 Å². The van der Waals surface area contributed by atoms with Gasteiger partial charge < -0.3 is 14.7 Å². The van der Waals surface area contributed by atoms with Crippen molar-refractivity contribution in [2.45, 2.75) is 6.04 Å². The van der Waals surface area contributed by atoms with E-state index >= 15 is 0 Å². The summed E-state index contributed by atoms with van der Waals surface area (Å²) in [6, 6.07) is -0.0333. The monoisotopic (exact) mass is 286 g/mol. The molecule has 0 aromatic rings. The average molecular weight is 286 g/mol. The second kappa shape index (κ2) is 6.58. The molecule has 2 aliphatic rings. The topological polar surface area (TPSA) is 55.9 Å². The minimum Gasteiger partial charge on any atom is -0.338 e. The molecule has 2 saturated heterocycles. The van der Waals surface area contributed by atoms with Gasteiger partial charge >= 0.3 is 0 Å². The van der Waals surface area contributed by atoms with Crippen molar-refractivity contribution in [3.63, 3.8) is 0 Å². The van der Waals surface area contributed by atoms with Crippen LogP contribution in [0.5, 0.6) is 0 Å². The van der Waals surface area contributed by atoms with Crippen LogP contribution in [0.25, 0.3) is 0 Å². The number of hydrogen-bond acceptors (Lipinski definition) is 5. The van der Waals surface area contributed by atoms with E-state index in [0.717, 1.165) is 11.6 Å². The van der Waals surface area contributed by atoms with Gasteiger partial charge in [0, 0.05) is 37.8 Å². The smallest absolute Gasteiger partial charge is 0.240 e. The Bertz CT molecular complexity index is 337. The summed E-state index contributed by atoms with van der Waals surface area (Å²) in [6.45, 7) is 3.05. The molecule has 0 spiro atoms. The first-order valence-electron chi connectivity index (χ1n) is 6.60. The van der Waals surface area contributed by atoms with Crippen molar-refractivity contribution in [3.05, 3.63) is 0 Å². The molecule has 0 aromatic carbocycles. The van der Waals surface area contributed by atoms with Gasteiger partial charge in [-0.15, -0.1) is 11.8 Å². The number of hydrogen-bond donors (Lipinski definition) is 1. The Kier molecular flexibility index (Phi) is 5.06. The van der Waals surface area contributed by atoms with E-state index in [9.17, 15) is 9.59 Å². The molecule has 2 heterocycles. The SMILES string of the molecule is CN(C)CC(=O)N1CCN(C(=O)C2CSCN2)CC1. The van der Waals surface area contributed by atoms with Gasteiger partial charge in [-0.3, -0.25) is 14.9 Å². The van der Waals surface area contributed by atoms with Crippen molar-refractivity contribution in [1.82, 2.24) is 20.0 Å². The molecule has 7 heteroatoms. The highest BCUT2D eigenvalue weighted by molar-refractivity contribution is 7.99. The Morgan fingerprint density at radius 1 is 1.21 bits per heavy atom. The summed E-state index contributed by atoms with van der Waals surface area (Å²) in [5.74, 6) is 2.05. The number of carbonyl (C=O) groups is 2. The van der Waals surface area contributed by atoms with E-state index in [-0.39, 0.29) is 17.9 Å². The van der Waals surface area contributed by atoms with Crippen molar-refractivity contribution >= 4 is 23.6 Å². The normalized spacial score (nSPS) is 24.1. The molecule has 0 saturated carbocycles. The first-order chi connectivity index (χ1) is 9.08. The zero-order valence-corrected chi connectivity index (χ0v) is 12.4. The van der Waals surface area contributed by atoms with E-state index in [1.807, 2.05) is 28.8 Å². The van der Waals surface area contributed by atoms with Crippen molar-refractivity contribution in [2.24, 2.45) is 0 Å². The molecular weight excluding hydrogens is 264 g/mol. The van der Waals surface area contributed by atoms with Crippen LogP contribution in [0.1, 0.15) is 0 Å². The van der Waals surface area contributed by atoms with Gasteiger partial charge in [0.25, 0.3) is 0 Å². The van der Waals surface area contributed by atoms with Gasteiger partial charge in [-0.05, 0) is 14.1 Å². The zero-order chi connectivity index (χ0) is 13.8. The lowest BCUT2D eigenvalue weighted by Gasteiger charge is -2.36. The number of amides is 2. The molecule has 0 aromatic heterocycles. The first kappa shape index (κ1) is 14.6. The third-order valence-corrected chi connectivity index (χ3v) is 4.35. The van der Waals surface area contributed by atoms with Gasteiger partial charge in [-0.2, -0.15) is 0 Å². The highest BCUT2D eigenvalue weighted by Crippen LogP contribution is 2.13. The second-order valence-corrected chi connectivity index (χ2v) is 6.25. The number of rotatable bonds is 3. The van der Waals surface area contributed by atoms with Gasteiger partial charge in [0.2, 0.25) is 11.8 Å². The molecule has 2 fully saturated rings. The third kappa shape index (κ3) is 3.84. The lowest BCUT2D eigenvalue weighted by atomic mass is 10.2. The maximum atomic E-state index is 12.2. The molecule has 6 nitrogen and oxygen atoms in total. The highest BCUT2D eigenvalue weighted by Gasteiger charge is 2.30. The van der Waals surface area contributed by atoms with Crippen molar-refractivity contribution in [1.29, 1.82) is 0 Å². The van der Waals surface area contributed by atoms with Crippen LogP contribution in [0.4, 0.5) is 0 Å². The molecule has 0 aliphatic carbocycles. The lowest BCUT2D eigenvalue weighted by molar-refractivity contribution is -0.140. The quantitative estimate of drug-likeness (QED) is 0.712. The summed E-state index contributed by atoms with van der Waals surface area (Å²) in [5, 5.41) is 3.20. The molecule has 1 unspecified atom stereocenters. The van der Waals surface area contributed by atoms with Gasteiger partial charge in [-0.25, -0.2) is 0 Å². The summed E-state index contributed by atoms with van der Waals surface area (Å²) < 4.78 is 0. The molecule has 2 amide bonds. The Balaban J connectivity index is 1.78. The number of thioether (sulfide) groups is 1. The number of nitrogens with one attached hydrogen (secondary N) is 1. The largest absolute Gasteiger partial charge is 0.338 e. The Labute approximate surface area is 118 Å². The van der Waals surface area contributed by atoms with Crippen molar-refractivity contribution < 1.29 is 9.59 Å². The number of likely N-dealkylation sites (N-methyl/N-ethyl adjacent to an activating group) is 1. The Morgan fingerprint density at radius 2 is 1.84 bits per heavy atom. The summed E-state index contributed by atoms with van der Waals surface area (Å²) in [7, 11) is 3.78. The van der Waals surface area contributed by atoms with E-state index in [2.05, 4.69) is 5.32 Å². The summed E-state index contributed by atoms with van der Waals surface area (Å²) in [4.78, 5) is 29.7. The molecule has 1 atom stereocenters. The van der Waals surface area contributed by atoms with Crippen LogP contribution in [-0.2, 0) is 9.59 Å². The molecule has 0 bridgehead atoms. The number of nitrogens with zero attached hydrogens (tertiary/aromatic N) is 3. The van der Waals surface area contributed by atoms with Crippen molar-refractivity contribution in [3.8, 4) is 0 Å². The molecule has 108 valence electrons. The third-order valence-electron chi connectivity index (χ3n) is 3.41. The molecule has 19 heavy (non-hydrogen) atoms. The predicted molar refractivity (Wildman–Crippen MR) is 76.0 cm³/mol. The highest BCUT2D eigenvalue weighted by atomic mass is 32.2. The van der Waals surface area contributed by atoms with Crippen LogP contribution in [0, 0.1) is 0 Å². The van der Waals surface area contributed by atoms with Crippen molar-refractivity contribution in [2.75, 3.05) is 58.4 Å². The van der Waals surface area contributed by atoms with Gasteiger partial charge in [0.1, 0.15) is 0 Å². The van der Waals surface area contributed by atoms with Crippen LogP contribution in [0.3, 0.4) is 0 Å². The van der Waals surface area contributed by atoms with Crippen LogP contribution in [-0.4, -0.2) is 91.0 Å². The van der Waals surface area contributed by atoms with Gasteiger partial charge in [0.15, 0.2) is 0 Å². The van der Waals surface area contributed by atoms with Crippen LogP contribution < -0.4 is 5.32 Å². The van der Waals surface area contributed by atoms with Gasteiger partial charge in [0.05, 0.1) is 12.6 Å². The van der Waals surface area contributed by atoms with Gasteiger partial charge in [-0.1, -0.05) is 0 Å². The minimum atomic E-state index is -0.0333. The average Bonchev–Trinajstić information content (AvgIpc) is 2.91. The molecule has 1 N–H and O–H groups in total. The number of carbonyl (C=O) groups excluding carboxylic acids is 2. The number of piperazine rings is 1. The van der Waals surface area contributed by atoms with Crippen LogP contribution in [0.2, 0.25) is 0 Å². The minimum absolute atomic E-state index is 0.0333. The summed E-state index contributed by atoms with van der Waals surface area (Å²) in [6.07, 6.45) is 0. The van der Waals surface area contributed by atoms with E-state index in [4.69, 9.17) is 0 Å². The fraction of sp³-hybridized carbons (Fsp3) is 0.833. The lowest BCUT2D eigenvalue weighted by Crippen LogP contribution is -2.55. The Hall–Kier alpha value is -0.790. The molecule has 0 radical (unpaired) electrons. The second-order valence-electron chi connectivity index (χ2n) is 5.22. The Morgan fingerprint density at radius 3 is 2.37 bits per heavy atom. The first-order valence-corrected chi connectivity index (χ1v) is 7.76. The molecule has 2 aliphatic heterocycles. The summed E-state index contributed by atoms with van der Waals surface area (Å²) in [5.41, 5.74) is 0. The fourth-order valence-corrected chi connectivity index (χ4v) is 3.25.